The zero-order valence-corrected chi connectivity index (χ0v) is 12.8. The summed E-state index contributed by atoms with van der Waals surface area (Å²) >= 11 is 0. The van der Waals surface area contributed by atoms with Crippen molar-refractivity contribution < 1.29 is 0 Å². The summed E-state index contributed by atoms with van der Waals surface area (Å²) < 4.78 is 2.01. The number of nitrogens with one attached hydrogen (secondary N) is 1. The molecular weight excluding hydrogens is 236 g/mol. The Morgan fingerprint density at radius 2 is 2.16 bits per heavy atom. The van der Waals surface area contributed by atoms with Crippen LogP contribution in [0, 0.1) is 16.7 Å². The predicted molar refractivity (Wildman–Crippen MR) is 75.6 cm³/mol. The van der Waals surface area contributed by atoms with E-state index in [1.54, 1.807) is 6.33 Å². The van der Waals surface area contributed by atoms with Crippen LogP contribution >= 0.6 is 0 Å². The first kappa shape index (κ1) is 13.1. The lowest BCUT2D eigenvalue weighted by molar-refractivity contribution is 0.115. The molecule has 1 heterocycles. The van der Waals surface area contributed by atoms with Crippen LogP contribution in [0.3, 0.4) is 0 Å². The zero-order chi connectivity index (χ0) is 13.8. The second-order valence-corrected chi connectivity index (χ2v) is 7.35. The molecule has 4 nitrogen and oxygen atoms in total. The molecule has 3 rings (SSSR count). The topological polar surface area (TPSA) is 42.7 Å². The van der Waals surface area contributed by atoms with Crippen LogP contribution < -0.4 is 5.32 Å². The van der Waals surface area contributed by atoms with Gasteiger partial charge in [-0.25, -0.2) is 0 Å². The molecule has 0 radical (unpaired) electrons. The average Bonchev–Trinajstić information content (AvgIpc) is 2.90. The number of hydrogen-bond acceptors (Lipinski definition) is 3. The Hall–Kier alpha value is -0.900. The summed E-state index contributed by atoms with van der Waals surface area (Å²) in [4.78, 5) is 0. The molecule has 2 bridgehead atoms. The van der Waals surface area contributed by atoms with Crippen LogP contribution in [0.2, 0.25) is 0 Å². The third kappa shape index (κ3) is 1.69. The van der Waals surface area contributed by atoms with Gasteiger partial charge < -0.3 is 9.88 Å². The first-order valence-corrected chi connectivity index (χ1v) is 7.46. The van der Waals surface area contributed by atoms with Crippen molar-refractivity contribution in [2.45, 2.75) is 59.0 Å². The van der Waals surface area contributed by atoms with Gasteiger partial charge in [0.2, 0.25) is 0 Å². The molecule has 4 unspecified atom stereocenters. The zero-order valence-electron chi connectivity index (χ0n) is 12.8. The van der Waals surface area contributed by atoms with Crippen LogP contribution in [0.4, 0.5) is 0 Å². The maximum Gasteiger partial charge on any atom is 0.149 e. The summed E-state index contributed by atoms with van der Waals surface area (Å²) in [5.41, 5.74) is 0.884. The molecule has 19 heavy (non-hydrogen) atoms. The number of rotatable bonds is 3. The maximum atomic E-state index is 4.23. The summed E-state index contributed by atoms with van der Waals surface area (Å²) in [6, 6.07) is 0.873. The normalized spacial score (nSPS) is 37.7. The minimum absolute atomic E-state index is 0.268. The smallest absolute Gasteiger partial charge is 0.149 e. The molecule has 2 aliphatic carbocycles. The molecule has 2 aliphatic rings. The molecule has 106 valence electrons. The van der Waals surface area contributed by atoms with Gasteiger partial charge in [0, 0.05) is 13.1 Å². The van der Waals surface area contributed by atoms with Gasteiger partial charge in [-0.05, 0) is 42.9 Å². The van der Waals surface area contributed by atoms with E-state index in [9.17, 15) is 0 Å². The lowest BCUT2D eigenvalue weighted by atomic mass is 9.69. The van der Waals surface area contributed by atoms with E-state index in [2.05, 4.69) is 43.2 Å². The number of hydrogen-bond donors (Lipinski definition) is 1. The van der Waals surface area contributed by atoms with Gasteiger partial charge in [-0.3, -0.25) is 0 Å². The second kappa shape index (κ2) is 4.05. The van der Waals surface area contributed by atoms with Gasteiger partial charge in [-0.2, -0.15) is 0 Å². The van der Waals surface area contributed by atoms with Gasteiger partial charge in [0.25, 0.3) is 0 Å². The summed E-state index contributed by atoms with van der Waals surface area (Å²) in [7, 11) is 2.01. The summed E-state index contributed by atoms with van der Waals surface area (Å²) in [5.74, 6) is 1.91. The first-order chi connectivity index (χ1) is 8.86. The summed E-state index contributed by atoms with van der Waals surface area (Å²) in [6.45, 7) is 9.59. The molecule has 0 saturated heterocycles. The number of nitrogens with zero attached hydrogens (tertiary/aromatic N) is 3. The van der Waals surface area contributed by atoms with Crippen molar-refractivity contribution in [2.24, 2.45) is 23.8 Å². The molecule has 2 saturated carbocycles. The van der Waals surface area contributed by atoms with Crippen LogP contribution in [0.15, 0.2) is 6.33 Å². The van der Waals surface area contributed by atoms with Crippen LogP contribution in [-0.4, -0.2) is 20.8 Å². The minimum atomic E-state index is 0.268. The quantitative estimate of drug-likeness (QED) is 0.910. The lowest BCUT2D eigenvalue weighted by Crippen LogP contribution is -2.45. The molecule has 0 aromatic carbocycles. The van der Waals surface area contributed by atoms with Crippen molar-refractivity contribution in [1.82, 2.24) is 20.1 Å². The fraction of sp³-hybridized carbons (Fsp3) is 0.867. The number of aromatic nitrogens is 3. The maximum absolute atomic E-state index is 4.23. The van der Waals surface area contributed by atoms with E-state index in [1.165, 1.54) is 19.3 Å². The molecule has 2 fully saturated rings. The van der Waals surface area contributed by atoms with Crippen LogP contribution in [0.5, 0.6) is 0 Å². The number of aryl methyl sites for hydroxylation is 1. The third-order valence-corrected chi connectivity index (χ3v) is 6.38. The highest BCUT2D eigenvalue weighted by molar-refractivity contribution is 5.14. The fourth-order valence-corrected chi connectivity index (χ4v) is 4.52. The van der Waals surface area contributed by atoms with Crippen molar-refractivity contribution in [1.29, 1.82) is 0 Å². The highest BCUT2D eigenvalue weighted by Crippen LogP contribution is 2.65. The first-order valence-electron chi connectivity index (χ1n) is 7.46. The standard InChI is InChI=1S/C15H26N4/c1-10(13-18-16-9-19(13)5)17-12-8-11-6-7-15(12,4)14(11,2)3/h9-12,17H,6-8H2,1-5H3. The van der Waals surface area contributed by atoms with Crippen LogP contribution in [0.25, 0.3) is 0 Å². The Bertz CT molecular complexity index is 478. The third-order valence-electron chi connectivity index (χ3n) is 6.38. The van der Waals surface area contributed by atoms with Gasteiger partial charge in [0.1, 0.15) is 12.2 Å². The van der Waals surface area contributed by atoms with Crippen LogP contribution in [0.1, 0.15) is 58.8 Å². The largest absolute Gasteiger partial charge is 0.319 e. The SMILES string of the molecule is CC(NC1CC2CCC1(C)C2(C)C)c1nncn1C. The molecule has 0 aliphatic heterocycles. The Kier molecular flexibility index (Phi) is 2.79. The summed E-state index contributed by atoms with van der Waals surface area (Å²) in [5, 5.41) is 12.0. The van der Waals surface area contributed by atoms with Gasteiger partial charge in [-0.15, -0.1) is 10.2 Å². The van der Waals surface area contributed by atoms with Crippen molar-refractivity contribution in [2.75, 3.05) is 0 Å². The molecule has 4 atom stereocenters. The fourth-order valence-electron chi connectivity index (χ4n) is 4.52. The van der Waals surface area contributed by atoms with Gasteiger partial charge in [-0.1, -0.05) is 20.8 Å². The molecule has 4 heteroatoms. The number of fused-ring (bicyclic) bond motifs is 2. The second-order valence-electron chi connectivity index (χ2n) is 7.35. The highest BCUT2D eigenvalue weighted by Gasteiger charge is 2.61. The lowest BCUT2D eigenvalue weighted by Gasteiger charge is -2.40. The van der Waals surface area contributed by atoms with Gasteiger partial charge in [0.05, 0.1) is 6.04 Å². The van der Waals surface area contributed by atoms with Crippen molar-refractivity contribution in [3.8, 4) is 0 Å². The molecule has 1 aromatic heterocycles. The van der Waals surface area contributed by atoms with Crippen LogP contribution in [-0.2, 0) is 7.05 Å². The Morgan fingerprint density at radius 1 is 1.42 bits per heavy atom. The molecule has 1 aromatic rings. The Labute approximate surface area is 116 Å². The van der Waals surface area contributed by atoms with Gasteiger partial charge in [0.15, 0.2) is 0 Å². The molecule has 0 spiro atoms. The van der Waals surface area contributed by atoms with E-state index in [0.717, 1.165) is 11.7 Å². The molecule has 0 amide bonds. The van der Waals surface area contributed by atoms with Crippen molar-refractivity contribution >= 4 is 0 Å². The van der Waals surface area contributed by atoms with Crippen molar-refractivity contribution in [3.63, 3.8) is 0 Å². The van der Waals surface area contributed by atoms with E-state index in [0.29, 0.717) is 16.9 Å². The van der Waals surface area contributed by atoms with E-state index in [1.807, 2.05) is 11.6 Å². The predicted octanol–water partition coefficient (Wildman–Crippen LogP) is 2.68. The molecular formula is C15H26N4. The van der Waals surface area contributed by atoms with E-state index in [-0.39, 0.29) is 6.04 Å². The average molecular weight is 262 g/mol. The monoisotopic (exact) mass is 262 g/mol. The van der Waals surface area contributed by atoms with E-state index >= 15 is 0 Å². The van der Waals surface area contributed by atoms with E-state index < -0.39 is 0 Å². The van der Waals surface area contributed by atoms with Crippen molar-refractivity contribution in [3.05, 3.63) is 12.2 Å². The Balaban J connectivity index is 1.77. The van der Waals surface area contributed by atoms with E-state index in [4.69, 9.17) is 0 Å². The Morgan fingerprint density at radius 3 is 2.63 bits per heavy atom. The minimum Gasteiger partial charge on any atom is -0.319 e. The highest BCUT2D eigenvalue weighted by atomic mass is 15.3. The summed E-state index contributed by atoms with van der Waals surface area (Å²) in [6.07, 6.45) is 5.85. The molecule has 1 N–H and O–H groups in total. The van der Waals surface area contributed by atoms with Gasteiger partial charge >= 0.3 is 0 Å².